The Morgan fingerprint density at radius 2 is 1.74 bits per heavy atom. The van der Waals surface area contributed by atoms with E-state index in [0.29, 0.717) is 11.1 Å². The molecule has 1 aliphatic heterocycles. The van der Waals surface area contributed by atoms with E-state index in [9.17, 15) is 9.36 Å². The Morgan fingerprint density at radius 1 is 1.04 bits per heavy atom. The van der Waals surface area contributed by atoms with Gasteiger partial charge in [0.05, 0.1) is 13.2 Å². The summed E-state index contributed by atoms with van der Waals surface area (Å²) >= 11 is 0. The second-order valence-corrected chi connectivity index (χ2v) is 8.90. The largest absolute Gasteiger partial charge is 0.357 e. The molecule has 1 unspecified atom stereocenters. The van der Waals surface area contributed by atoms with E-state index in [1.807, 2.05) is 24.3 Å². The number of hydrogen-bond acceptors (Lipinski definition) is 4. The van der Waals surface area contributed by atoms with E-state index in [-0.39, 0.29) is 19.1 Å². The highest BCUT2D eigenvalue weighted by molar-refractivity contribution is 7.54. The lowest BCUT2D eigenvalue weighted by molar-refractivity contribution is 0.0990. The Hall–Kier alpha value is -1.94. The molecule has 0 N–H and O–H groups in total. The summed E-state index contributed by atoms with van der Waals surface area (Å²) in [5.74, 6) is -0.922. The maximum Gasteiger partial charge on any atom is 0.357 e. The number of carbonyl (C=O) groups excluding carboxylic acids is 1. The Labute approximate surface area is 159 Å². The molecule has 1 amide bonds. The van der Waals surface area contributed by atoms with Gasteiger partial charge in [-0.25, -0.2) is 0 Å². The summed E-state index contributed by atoms with van der Waals surface area (Å²) in [4.78, 5) is 14.9. The van der Waals surface area contributed by atoms with Gasteiger partial charge in [0.25, 0.3) is 5.91 Å². The minimum Gasteiger partial charge on any atom is -0.307 e. The third-order valence-corrected chi connectivity index (χ3v) is 7.55. The molecule has 1 aliphatic carbocycles. The number of fused-ring (bicyclic) bond motifs is 2. The van der Waals surface area contributed by atoms with Crippen molar-refractivity contribution in [3.63, 3.8) is 0 Å². The van der Waals surface area contributed by atoms with E-state index in [2.05, 4.69) is 12.1 Å². The molecule has 0 saturated heterocycles. The normalized spacial score (nSPS) is 18.7. The van der Waals surface area contributed by atoms with Crippen LogP contribution in [0.5, 0.6) is 0 Å². The van der Waals surface area contributed by atoms with Crippen LogP contribution in [0.15, 0.2) is 42.5 Å². The number of rotatable bonds is 6. The molecule has 0 radical (unpaired) electrons. The van der Waals surface area contributed by atoms with Crippen molar-refractivity contribution in [1.82, 2.24) is 0 Å². The fraction of sp³-hybridized carbons (Fsp3) is 0.381. The summed E-state index contributed by atoms with van der Waals surface area (Å²) < 4.78 is 25.0. The number of hydrogen-bond donors (Lipinski definition) is 0. The Bertz CT molecular complexity index is 916. The van der Waals surface area contributed by atoms with Crippen molar-refractivity contribution in [2.75, 3.05) is 18.1 Å². The Kier molecular flexibility index (Phi) is 4.94. The number of anilines is 1. The zero-order chi connectivity index (χ0) is 19.0. The highest BCUT2D eigenvalue weighted by Crippen LogP contribution is 2.65. The summed E-state index contributed by atoms with van der Waals surface area (Å²) in [5, 5.41) is 0. The van der Waals surface area contributed by atoms with E-state index in [1.54, 1.807) is 24.8 Å². The predicted octanol–water partition coefficient (Wildman–Crippen LogP) is 5.10. The van der Waals surface area contributed by atoms with Crippen LogP contribution in [0, 0.1) is 0 Å². The summed E-state index contributed by atoms with van der Waals surface area (Å²) in [7, 11) is -3.57. The van der Waals surface area contributed by atoms with E-state index in [0.717, 1.165) is 24.9 Å². The monoisotopic (exact) mass is 385 g/mol. The van der Waals surface area contributed by atoms with Crippen LogP contribution in [0.25, 0.3) is 0 Å². The van der Waals surface area contributed by atoms with Gasteiger partial charge in [-0.2, -0.15) is 0 Å². The summed E-state index contributed by atoms with van der Waals surface area (Å²) in [6, 6.07) is 13.4. The standard InChI is InChI=1S/C21H24NO4P/c1-3-25-27(24,26-4-2)21-19-11-6-5-10-18(19)20(23)22(21)17-13-12-15-8-7-9-16(15)14-17/h5-6,10-14,21H,3-4,7-9H2,1-2H3. The molecular weight excluding hydrogens is 361 g/mol. The molecular formula is C21H24NO4P. The molecule has 0 fully saturated rings. The molecule has 27 heavy (non-hydrogen) atoms. The molecule has 2 aromatic carbocycles. The number of aryl methyl sites for hydroxylation is 2. The molecule has 5 nitrogen and oxygen atoms in total. The molecule has 6 heteroatoms. The van der Waals surface area contributed by atoms with Crippen LogP contribution in [-0.4, -0.2) is 19.1 Å². The molecule has 0 spiro atoms. The third-order valence-electron chi connectivity index (χ3n) is 5.21. The highest BCUT2D eigenvalue weighted by Gasteiger charge is 2.50. The van der Waals surface area contributed by atoms with Gasteiger partial charge < -0.3 is 9.05 Å². The smallest absolute Gasteiger partial charge is 0.307 e. The topological polar surface area (TPSA) is 55.8 Å². The van der Waals surface area contributed by atoms with Crippen LogP contribution >= 0.6 is 7.60 Å². The van der Waals surface area contributed by atoms with Gasteiger partial charge in [-0.15, -0.1) is 0 Å². The molecule has 0 bridgehead atoms. The van der Waals surface area contributed by atoms with Crippen molar-refractivity contribution in [1.29, 1.82) is 0 Å². The predicted molar refractivity (Wildman–Crippen MR) is 105 cm³/mol. The first-order valence-corrected chi connectivity index (χ1v) is 11.1. The van der Waals surface area contributed by atoms with Gasteiger partial charge >= 0.3 is 7.60 Å². The first kappa shape index (κ1) is 18.4. The number of benzene rings is 2. The van der Waals surface area contributed by atoms with Crippen LogP contribution in [0.1, 0.15) is 53.1 Å². The fourth-order valence-electron chi connectivity index (χ4n) is 4.11. The SMILES string of the molecule is CCOP(=O)(OCC)C1c2ccccc2C(=O)N1c1ccc2c(c1)CCC2. The lowest BCUT2D eigenvalue weighted by atomic mass is 10.1. The fourth-order valence-corrected chi connectivity index (χ4v) is 6.28. The van der Waals surface area contributed by atoms with Gasteiger partial charge in [0, 0.05) is 11.3 Å². The van der Waals surface area contributed by atoms with Gasteiger partial charge in [0.2, 0.25) is 0 Å². The van der Waals surface area contributed by atoms with Crippen LogP contribution in [0.3, 0.4) is 0 Å². The first-order chi connectivity index (χ1) is 13.1. The molecule has 142 valence electrons. The van der Waals surface area contributed by atoms with Crippen LogP contribution in [-0.2, 0) is 26.5 Å². The molecule has 1 atom stereocenters. The lowest BCUT2D eigenvalue weighted by Crippen LogP contribution is -2.29. The molecule has 2 aromatic rings. The zero-order valence-corrected chi connectivity index (χ0v) is 16.6. The maximum atomic E-state index is 13.7. The molecule has 0 saturated carbocycles. The van der Waals surface area contributed by atoms with E-state index in [4.69, 9.17) is 9.05 Å². The van der Waals surface area contributed by atoms with Crippen molar-refractivity contribution >= 4 is 19.2 Å². The average molecular weight is 385 g/mol. The van der Waals surface area contributed by atoms with Crippen molar-refractivity contribution in [3.05, 3.63) is 64.7 Å². The van der Waals surface area contributed by atoms with Crippen LogP contribution in [0.4, 0.5) is 5.69 Å². The van der Waals surface area contributed by atoms with Gasteiger partial charge in [-0.1, -0.05) is 24.3 Å². The number of carbonyl (C=O) groups is 1. The molecule has 2 aliphatic rings. The van der Waals surface area contributed by atoms with Crippen molar-refractivity contribution < 1.29 is 18.4 Å². The molecule has 4 rings (SSSR count). The first-order valence-electron chi connectivity index (χ1n) is 9.52. The van der Waals surface area contributed by atoms with Crippen molar-refractivity contribution in [3.8, 4) is 0 Å². The van der Waals surface area contributed by atoms with Gasteiger partial charge in [0.15, 0.2) is 5.78 Å². The average Bonchev–Trinajstić information content (AvgIpc) is 3.24. The molecule has 1 heterocycles. The Balaban J connectivity index is 1.86. The van der Waals surface area contributed by atoms with E-state index in [1.165, 1.54) is 11.1 Å². The quantitative estimate of drug-likeness (QED) is 0.649. The van der Waals surface area contributed by atoms with Crippen LogP contribution < -0.4 is 4.90 Å². The van der Waals surface area contributed by atoms with Crippen LogP contribution in [0.2, 0.25) is 0 Å². The third kappa shape index (κ3) is 3.04. The van der Waals surface area contributed by atoms with Crippen molar-refractivity contribution in [2.24, 2.45) is 0 Å². The highest BCUT2D eigenvalue weighted by atomic mass is 31.2. The summed E-state index contributed by atoms with van der Waals surface area (Å²) in [6.45, 7) is 4.08. The summed E-state index contributed by atoms with van der Waals surface area (Å²) in [6.07, 6.45) is 3.22. The van der Waals surface area contributed by atoms with Gasteiger partial charge in [-0.3, -0.25) is 14.3 Å². The van der Waals surface area contributed by atoms with Gasteiger partial charge in [0.1, 0.15) is 0 Å². The van der Waals surface area contributed by atoms with E-state index < -0.39 is 13.4 Å². The van der Waals surface area contributed by atoms with Crippen molar-refractivity contribution in [2.45, 2.75) is 38.9 Å². The lowest BCUT2D eigenvalue weighted by Gasteiger charge is -2.31. The zero-order valence-electron chi connectivity index (χ0n) is 15.7. The van der Waals surface area contributed by atoms with Gasteiger partial charge in [-0.05, 0) is 68.0 Å². The number of amides is 1. The second-order valence-electron chi connectivity index (χ2n) is 6.82. The van der Waals surface area contributed by atoms with E-state index >= 15 is 0 Å². The minimum absolute atomic E-state index is 0.159. The second kappa shape index (κ2) is 7.23. The number of nitrogens with zero attached hydrogens (tertiary/aromatic N) is 1. The maximum absolute atomic E-state index is 13.7. The Morgan fingerprint density at radius 3 is 2.48 bits per heavy atom. The molecule has 0 aromatic heterocycles. The minimum atomic E-state index is -3.57. The summed E-state index contributed by atoms with van der Waals surface area (Å²) in [5.41, 5.74) is 4.60.